The molecule has 9 nitrogen and oxygen atoms in total. The third kappa shape index (κ3) is 17.6. The van der Waals surface area contributed by atoms with Gasteiger partial charge < -0.3 is 28.7 Å². The number of carbonyl (C=O) groups excluding carboxylic acids is 2. The average Bonchev–Trinajstić information content (AvgIpc) is 3.23. The fourth-order valence-electron chi connectivity index (χ4n) is 8.06. The molecule has 4 aromatic rings. The van der Waals surface area contributed by atoms with E-state index in [1.165, 1.54) is 123 Å². The zero-order chi connectivity index (χ0) is 43.8. The molecule has 0 aliphatic heterocycles. The van der Waals surface area contributed by atoms with E-state index in [4.69, 9.17) is 23.9 Å². The van der Waals surface area contributed by atoms with Gasteiger partial charge in [0.1, 0.15) is 17.2 Å². The molecule has 9 heteroatoms. The molecule has 3 aromatic carbocycles. The number of rotatable bonds is 31. The second-order valence-electron chi connectivity index (χ2n) is 17.5. The van der Waals surface area contributed by atoms with E-state index in [2.05, 4.69) is 38.0 Å². The van der Waals surface area contributed by atoms with Crippen molar-refractivity contribution in [1.29, 1.82) is 0 Å². The van der Waals surface area contributed by atoms with Gasteiger partial charge in [-0.15, -0.1) is 0 Å². The molecular weight excluding hydrogens is 763 g/mol. The molecule has 0 N–H and O–H groups in total. The van der Waals surface area contributed by atoms with E-state index in [0.717, 1.165) is 25.7 Å². The third-order valence-electron chi connectivity index (χ3n) is 11.5. The minimum Gasteiger partial charge on any atom is -0.494 e. The molecule has 336 valence electrons. The first kappa shape index (κ1) is 49.4. The van der Waals surface area contributed by atoms with Gasteiger partial charge in [-0.25, -0.2) is 14.6 Å². The molecule has 0 radical (unpaired) electrons. The van der Waals surface area contributed by atoms with Gasteiger partial charge in [0, 0.05) is 10.8 Å². The molecular formula is C52H77N3O6. The lowest BCUT2D eigenvalue weighted by molar-refractivity contribution is 0.0600. The standard InChI is InChI=1S/C52H77N3O6/c1-40-36-42(51(56)58-7)37-41(2)50(40)61-52(57)49-45-38-43(59-34-26-22-18-14-10-8-12-16-20-24-32-54(3)4)28-30-47(45)53-48-31-29-44(39-46(48)49)60-35-27-23-19-15-11-9-13-17-21-25-33-55(5)6/h28-31,36-39H,8-27,32-35H2,1-7H3. The summed E-state index contributed by atoms with van der Waals surface area (Å²) in [5.41, 5.74) is 3.49. The number of benzene rings is 3. The summed E-state index contributed by atoms with van der Waals surface area (Å²) in [4.78, 5) is 36.2. The van der Waals surface area contributed by atoms with Crippen LogP contribution >= 0.6 is 0 Å². The van der Waals surface area contributed by atoms with Crippen molar-refractivity contribution in [3.63, 3.8) is 0 Å². The van der Waals surface area contributed by atoms with Crippen LogP contribution in [0.1, 0.15) is 160 Å². The van der Waals surface area contributed by atoms with Gasteiger partial charge in [0.25, 0.3) is 0 Å². The molecule has 0 saturated carbocycles. The zero-order valence-corrected chi connectivity index (χ0v) is 38.9. The lowest BCUT2D eigenvalue weighted by atomic mass is 10.0. The predicted octanol–water partition coefficient (Wildman–Crippen LogP) is 12.7. The van der Waals surface area contributed by atoms with Crippen molar-refractivity contribution in [2.24, 2.45) is 0 Å². The molecule has 0 atom stereocenters. The van der Waals surface area contributed by atoms with Gasteiger partial charge in [0.15, 0.2) is 0 Å². The van der Waals surface area contributed by atoms with Crippen molar-refractivity contribution in [2.75, 3.05) is 61.6 Å². The van der Waals surface area contributed by atoms with Crippen LogP contribution in [-0.4, -0.2) is 88.3 Å². The number of aromatic nitrogens is 1. The molecule has 0 spiro atoms. The molecule has 61 heavy (non-hydrogen) atoms. The Morgan fingerprint density at radius 3 is 1.26 bits per heavy atom. The molecule has 0 fully saturated rings. The Bertz CT molecular complexity index is 1810. The van der Waals surface area contributed by atoms with E-state index in [1.807, 2.05) is 50.2 Å². The lowest BCUT2D eigenvalue weighted by Crippen LogP contribution is -2.13. The van der Waals surface area contributed by atoms with Crippen LogP contribution in [0.5, 0.6) is 17.2 Å². The number of hydrogen-bond acceptors (Lipinski definition) is 9. The number of methoxy groups -OCH3 is 1. The third-order valence-corrected chi connectivity index (χ3v) is 11.5. The highest BCUT2D eigenvalue weighted by molar-refractivity contribution is 6.15. The number of esters is 2. The first-order valence-corrected chi connectivity index (χ1v) is 23.4. The van der Waals surface area contributed by atoms with Gasteiger partial charge in [0.2, 0.25) is 0 Å². The van der Waals surface area contributed by atoms with Crippen molar-refractivity contribution in [2.45, 2.75) is 142 Å². The van der Waals surface area contributed by atoms with Crippen LogP contribution in [0.2, 0.25) is 0 Å². The van der Waals surface area contributed by atoms with Crippen molar-refractivity contribution in [3.8, 4) is 17.2 Å². The number of ether oxygens (including phenoxy) is 4. The monoisotopic (exact) mass is 840 g/mol. The van der Waals surface area contributed by atoms with Crippen LogP contribution < -0.4 is 14.2 Å². The van der Waals surface area contributed by atoms with Crippen molar-refractivity contribution < 1.29 is 28.5 Å². The highest BCUT2D eigenvalue weighted by Gasteiger charge is 2.22. The van der Waals surface area contributed by atoms with E-state index in [0.29, 0.717) is 74.5 Å². The van der Waals surface area contributed by atoms with Crippen LogP contribution in [0.15, 0.2) is 48.5 Å². The summed E-state index contributed by atoms with van der Waals surface area (Å²) >= 11 is 0. The minimum atomic E-state index is -0.508. The highest BCUT2D eigenvalue weighted by atomic mass is 16.5. The summed E-state index contributed by atoms with van der Waals surface area (Å²) in [6.45, 7) is 7.24. The van der Waals surface area contributed by atoms with Gasteiger partial charge in [-0.05, 0) is 140 Å². The van der Waals surface area contributed by atoms with Crippen LogP contribution in [0, 0.1) is 13.8 Å². The summed E-state index contributed by atoms with van der Waals surface area (Å²) in [5, 5.41) is 1.31. The SMILES string of the molecule is COC(=O)c1cc(C)c(OC(=O)c2c3cc(OCCCCCCCCCCCCN(C)C)ccc3nc3ccc(OCCCCCCCCCCCCN(C)C)cc23)c(C)c1. The van der Waals surface area contributed by atoms with Gasteiger partial charge >= 0.3 is 11.9 Å². The fourth-order valence-corrected chi connectivity index (χ4v) is 8.06. The molecule has 0 bridgehead atoms. The molecule has 0 aliphatic carbocycles. The second kappa shape index (κ2) is 27.7. The topological polar surface area (TPSA) is 90.4 Å². The number of hydrogen-bond donors (Lipinski definition) is 0. The largest absolute Gasteiger partial charge is 0.494 e. The van der Waals surface area contributed by atoms with E-state index in [9.17, 15) is 9.59 Å². The van der Waals surface area contributed by atoms with Crippen molar-refractivity contribution in [3.05, 3.63) is 70.8 Å². The van der Waals surface area contributed by atoms with Gasteiger partial charge in [0.05, 0.1) is 42.5 Å². The first-order valence-electron chi connectivity index (χ1n) is 23.4. The number of pyridine rings is 1. The maximum absolute atomic E-state index is 14.4. The Balaban J connectivity index is 1.38. The molecule has 4 rings (SSSR count). The molecule has 0 saturated heterocycles. The Labute approximate surface area is 367 Å². The van der Waals surface area contributed by atoms with Crippen LogP contribution in [0.25, 0.3) is 21.8 Å². The minimum absolute atomic E-state index is 0.405. The molecule has 0 amide bonds. The Hall–Kier alpha value is -4.21. The van der Waals surface area contributed by atoms with Gasteiger partial charge in [-0.1, -0.05) is 103 Å². The number of fused-ring (bicyclic) bond motifs is 2. The molecule has 1 aromatic heterocycles. The Morgan fingerprint density at radius 2 is 0.885 bits per heavy atom. The van der Waals surface area contributed by atoms with E-state index >= 15 is 0 Å². The second-order valence-corrected chi connectivity index (χ2v) is 17.5. The van der Waals surface area contributed by atoms with E-state index in [1.54, 1.807) is 12.1 Å². The number of nitrogens with zero attached hydrogens (tertiary/aromatic N) is 3. The van der Waals surface area contributed by atoms with Crippen molar-refractivity contribution in [1.82, 2.24) is 14.8 Å². The lowest BCUT2D eigenvalue weighted by Gasteiger charge is -2.16. The van der Waals surface area contributed by atoms with Crippen LogP contribution in [0.4, 0.5) is 0 Å². The summed E-state index contributed by atoms with van der Waals surface area (Å²) in [7, 11) is 9.93. The van der Waals surface area contributed by atoms with Crippen LogP contribution in [0.3, 0.4) is 0 Å². The maximum Gasteiger partial charge on any atom is 0.344 e. The van der Waals surface area contributed by atoms with Crippen LogP contribution in [-0.2, 0) is 4.74 Å². The van der Waals surface area contributed by atoms with Gasteiger partial charge in [-0.2, -0.15) is 0 Å². The van der Waals surface area contributed by atoms with Gasteiger partial charge in [-0.3, -0.25) is 0 Å². The number of unbranched alkanes of at least 4 members (excludes halogenated alkanes) is 18. The van der Waals surface area contributed by atoms with E-state index < -0.39 is 11.9 Å². The normalized spacial score (nSPS) is 11.6. The Kier molecular flexibility index (Phi) is 22.4. The number of aryl methyl sites for hydroxylation is 2. The summed E-state index contributed by atoms with van der Waals surface area (Å²) in [5.74, 6) is 0.851. The molecule has 1 heterocycles. The maximum atomic E-state index is 14.4. The number of carbonyl (C=O) groups is 2. The smallest absolute Gasteiger partial charge is 0.344 e. The van der Waals surface area contributed by atoms with E-state index in [-0.39, 0.29) is 0 Å². The quantitative estimate of drug-likeness (QED) is 0.0213. The highest BCUT2D eigenvalue weighted by Crippen LogP contribution is 2.34. The predicted molar refractivity (Wildman–Crippen MR) is 252 cm³/mol. The Morgan fingerprint density at radius 1 is 0.508 bits per heavy atom. The summed E-state index contributed by atoms with van der Waals surface area (Å²) in [6.07, 6.45) is 25.1. The summed E-state index contributed by atoms with van der Waals surface area (Å²) < 4.78 is 23.7. The molecule has 0 aliphatic rings. The first-order chi connectivity index (χ1) is 29.6. The molecule has 0 unspecified atom stereocenters. The summed E-state index contributed by atoms with van der Waals surface area (Å²) in [6, 6.07) is 14.9. The van der Waals surface area contributed by atoms with Crippen molar-refractivity contribution >= 4 is 33.7 Å². The zero-order valence-electron chi connectivity index (χ0n) is 38.9. The average molecular weight is 840 g/mol. The fraction of sp³-hybridized carbons (Fsp3) is 0.596.